The first-order chi connectivity index (χ1) is 15.6. The van der Waals surface area contributed by atoms with Crippen molar-refractivity contribution < 1.29 is 4.74 Å². The van der Waals surface area contributed by atoms with E-state index in [1.807, 2.05) is 31.2 Å². The van der Waals surface area contributed by atoms with Crippen molar-refractivity contribution >= 4 is 11.6 Å². The molecule has 1 atom stereocenters. The fourth-order valence-electron chi connectivity index (χ4n) is 4.00. The second kappa shape index (κ2) is 7.92. The van der Waals surface area contributed by atoms with Gasteiger partial charge in [-0.1, -0.05) is 43.2 Å². The summed E-state index contributed by atoms with van der Waals surface area (Å²) in [7, 11) is 0. The molecule has 1 aliphatic rings. The van der Waals surface area contributed by atoms with Crippen molar-refractivity contribution in [2.24, 2.45) is 0 Å². The summed E-state index contributed by atoms with van der Waals surface area (Å²) in [6, 6.07) is 15.6. The third-order valence-electron chi connectivity index (χ3n) is 5.63. The van der Waals surface area contributed by atoms with Gasteiger partial charge in [-0.15, -0.1) is 0 Å². The average molecular weight is 429 g/mol. The van der Waals surface area contributed by atoms with Gasteiger partial charge in [-0.2, -0.15) is 9.78 Å². The lowest BCUT2D eigenvalue weighted by Crippen LogP contribution is -2.29. The number of nitrogens with one attached hydrogen (secondary N) is 2. The highest BCUT2D eigenvalue weighted by atomic mass is 16.5. The van der Waals surface area contributed by atoms with Crippen molar-refractivity contribution in [2.75, 3.05) is 11.9 Å². The van der Waals surface area contributed by atoms with Gasteiger partial charge in [0.25, 0.3) is 5.56 Å². The molecule has 0 fully saturated rings. The van der Waals surface area contributed by atoms with Crippen LogP contribution in [0.15, 0.2) is 53.3 Å². The average Bonchev–Trinajstić information content (AvgIpc) is 3.28. The zero-order valence-electron chi connectivity index (χ0n) is 18.0. The van der Waals surface area contributed by atoms with E-state index in [1.165, 1.54) is 5.56 Å². The standard InChI is InChI=1S/C23H23N7O2/c1-4-32-17-11-9-15(10-12-17)19-18-20(22(31)26-25-19)24-23-27-28-29-30(23)21(18)16-7-5-14(6-8-16)13(2)3/h5-13,21H,4H2,1-3H3,(H,26,31)(H,24,27,29)/t21-/m0/s1. The van der Waals surface area contributed by atoms with Crippen molar-refractivity contribution in [3.8, 4) is 17.0 Å². The molecule has 0 aliphatic carbocycles. The molecule has 32 heavy (non-hydrogen) atoms. The van der Waals surface area contributed by atoms with Crippen LogP contribution in [0.2, 0.25) is 0 Å². The van der Waals surface area contributed by atoms with Gasteiger partial charge in [0.2, 0.25) is 5.95 Å². The maximum absolute atomic E-state index is 12.8. The number of nitrogens with zero attached hydrogens (tertiary/aromatic N) is 5. The van der Waals surface area contributed by atoms with Gasteiger partial charge in [-0.05, 0) is 58.7 Å². The van der Waals surface area contributed by atoms with Crippen molar-refractivity contribution in [2.45, 2.75) is 32.7 Å². The summed E-state index contributed by atoms with van der Waals surface area (Å²) in [4.78, 5) is 12.8. The number of tetrazole rings is 1. The summed E-state index contributed by atoms with van der Waals surface area (Å²) < 4.78 is 7.25. The van der Waals surface area contributed by atoms with Gasteiger partial charge in [0.1, 0.15) is 17.5 Å². The number of hydrogen-bond donors (Lipinski definition) is 2. The number of anilines is 2. The first-order valence-electron chi connectivity index (χ1n) is 10.6. The van der Waals surface area contributed by atoms with Crippen LogP contribution in [0, 0.1) is 0 Å². The largest absolute Gasteiger partial charge is 0.494 e. The second-order valence-electron chi connectivity index (χ2n) is 7.94. The molecule has 0 saturated carbocycles. The van der Waals surface area contributed by atoms with Crippen LogP contribution < -0.4 is 15.6 Å². The van der Waals surface area contributed by atoms with E-state index in [-0.39, 0.29) is 5.56 Å². The first kappa shape index (κ1) is 19.9. The van der Waals surface area contributed by atoms with E-state index in [0.717, 1.165) is 22.4 Å². The lowest BCUT2D eigenvalue weighted by molar-refractivity contribution is 0.340. The van der Waals surface area contributed by atoms with Crippen LogP contribution in [-0.2, 0) is 0 Å². The van der Waals surface area contributed by atoms with Crippen molar-refractivity contribution in [1.29, 1.82) is 0 Å². The van der Waals surface area contributed by atoms with Crippen LogP contribution >= 0.6 is 0 Å². The molecule has 2 aromatic heterocycles. The Morgan fingerprint density at radius 1 is 1.09 bits per heavy atom. The first-order valence-corrected chi connectivity index (χ1v) is 10.6. The van der Waals surface area contributed by atoms with Crippen LogP contribution in [0.4, 0.5) is 11.6 Å². The summed E-state index contributed by atoms with van der Waals surface area (Å²) in [6.07, 6.45) is 0. The molecular weight excluding hydrogens is 406 g/mol. The third kappa shape index (κ3) is 3.31. The molecule has 0 amide bonds. The molecule has 0 spiro atoms. The normalized spacial score (nSPS) is 14.6. The monoisotopic (exact) mass is 429 g/mol. The summed E-state index contributed by atoms with van der Waals surface area (Å²) in [5.41, 5.74) is 4.48. The molecule has 0 saturated heterocycles. The Morgan fingerprint density at radius 2 is 1.84 bits per heavy atom. The smallest absolute Gasteiger partial charge is 0.288 e. The predicted molar refractivity (Wildman–Crippen MR) is 120 cm³/mol. The van der Waals surface area contributed by atoms with Gasteiger partial charge in [0, 0.05) is 11.1 Å². The van der Waals surface area contributed by atoms with E-state index < -0.39 is 6.04 Å². The number of fused-ring (bicyclic) bond motifs is 2. The summed E-state index contributed by atoms with van der Waals surface area (Å²) in [6.45, 7) is 6.84. The quantitative estimate of drug-likeness (QED) is 0.439. The van der Waals surface area contributed by atoms with Crippen molar-refractivity contribution in [1.82, 2.24) is 30.4 Å². The van der Waals surface area contributed by atoms with Crippen LogP contribution in [0.1, 0.15) is 49.4 Å². The highest BCUT2D eigenvalue weighted by Gasteiger charge is 2.34. The Balaban J connectivity index is 1.70. The van der Waals surface area contributed by atoms with E-state index >= 15 is 0 Å². The maximum Gasteiger partial charge on any atom is 0.288 e. The lowest BCUT2D eigenvalue weighted by Gasteiger charge is -2.28. The Hall–Kier alpha value is -4.01. The molecule has 5 rings (SSSR count). The molecule has 9 nitrogen and oxygen atoms in total. The molecule has 3 heterocycles. The minimum atomic E-state index is -0.408. The Kier molecular flexibility index (Phi) is 4.93. The van der Waals surface area contributed by atoms with Crippen LogP contribution in [0.3, 0.4) is 0 Å². The zero-order valence-corrected chi connectivity index (χ0v) is 18.0. The van der Waals surface area contributed by atoms with Gasteiger partial charge in [-0.25, -0.2) is 5.10 Å². The summed E-state index contributed by atoms with van der Waals surface area (Å²) >= 11 is 0. The SMILES string of the molecule is CCOc1ccc(-c2n[nH]c(=O)c3c2[C@H](c2ccc(C(C)C)cc2)n2nnnc2N3)cc1. The minimum absolute atomic E-state index is 0.326. The van der Waals surface area contributed by atoms with Crippen LogP contribution in [0.25, 0.3) is 11.3 Å². The van der Waals surface area contributed by atoms with E-state index in [2.05, 4.69) is 69.2 Å². The van der Waals surface area contributed by atoms with E-state index in [4.69, 9.17) is 4.74 Å². The number of hydrogen-bond acceptors (Lipinski definition) is 7. The Bertz CT molecular complexity index is 1310. The highest BCUT2D eigenvalue weighted by molar-refractivity contribution is 5.75. The number of aromatic amines is 1. The van der Waals surface area contributed by atoms with Gasteiger partial charge in [0.15, 0.2) is 0 Å². The molecule has 0 unspecified atom stereocenters. The van der Waals surface area contributed by atoms with E-state index in [9.17, 15) is 4.79 Å². The number of benzene rings is 2. The minimum Gasteiger partial charge on any atom is -0.494 e. The molecule has 0 radical (unpaired) electrons. The van der Waals surface area contributed by atoms with Crippen molar-refractivity contribution in [3.05, 3.63) is 75.6 Å². The second-order valence-corrected chi connectivity index (χ2v) is 7.94. The van der Waals surface area contributed by atoms with E-state index in [0.29, 0.717) is 29.9 Å². The molecule has 0 bridgehead atoms. The van der Waals surface area contributed by atoms with Crippen LogP contribution in [0.5, 0.6) is 5.75 Å². The van der Waals surface area contributed by atoms with Gasteiger partial charge >= 0.3 is 0 Å². The number of H-pyrrole nitrogens is 1. The third-order valence-corrected chi connectivity index (χ3v) is 5.63. The molecule has 2 N–H and O–H groups in total. The van der Waals surface area contributed by atoms with Gasteiger partial charge < -0.3 is 10.1 Å². The Labute approximate surface area is 184 Å². The van der Waals surface area contributed by atoms with Gasteiger partial charge in [0.05, 0.1) is 12.3 Å². The topological polar surface area (TPSA) is 111 Å². The molecule has 2 aromatic carbocycles. The molecule has 9 heteroatoms. The van der Waals surface area contributed by atoms with Crippen LogP contribution in [-0.4, -0.2) is 37.0 Å². The predicted octanol–water partition coefficient (Wildman–Crippen LogP) is 3.64. The number of aromatic nitrogens is 6. The molecular formula is C23H23N7O2. The molecule has 162 valence electrons. The summed E-state index contributed by atoms with van der Waals surface area (Å²) in [5, 5.41) is 22.2. The fraction of sp³-hybridized carbons (Fsp3) is 0.261. The number of rotatable bonds is 5. The lowest BCUT2D eigenvalue weighted by atomic mass is 9.91. The number of ether oxygens (including phenoxy) is 1. The fourth-order valence-corrected chi connectivity index (χ4v) is 4.00. The highest BCUT2D eigenvalue weighted by Crippen LogP contribution is 2.41. The summed E-state index contributed by atoms with van der Waals surface area (Å²) in [5.74, 6) is 1.60. The molecule has 4 aromatic rings. The zero-order chi connectivity index (χ0) is 22.2. The Morgan fingerprint density at radius 3 is 2.53 bits per heavy atom. The van der Waals surface area contributed by atoms with E-state index in [1.54, 1.807) is 4.68 Å². The molecule has 1 aliphatic heterocycles. The van der Waals surface area contributed by atoms with Gasteiger partial charge in [-0.3, -0.25) is 4.79 Å². The van der Waals surface area contributed by atoms with Crippen molar-refractivity contribution in [3.63, 3.8) is 0 Å². The maximum atomic E-state index is 12.8.